The summed E-state index contributed by atoms with van der Waals surface area (Å²) in [4.78, 5) is 23.2. The Morgan fingerprint density at radius 2 is 1.72 bits per heavy atom. The number of methoxy groups -OCH3 is 1. The minimum atomic E-state index is -0.336. The van der Waals surface area contributed by atoms with E-state index >= 15 is 0 Å². The van der Waals surface area contributed by atoms with Crippen molar-refractivity contribution in [2.75, 3.05) is 7.11 Å². The Morgan fingerprint density at radius 1 is 1.07 bits per heavy atom. The van der Waals surface area contributed by atoms with Crippen molar-refractivity contribution in [1.82, 2.24) is 0 Å². The van der Waals surface area contributed by atoms with Crippen molar-refractivity contribution >= 4 is 11.9 Å². The molecular weight excluding hydrogens is 372 g/mol. The molecule has 162 valence electrons. The smallest absolute Gasteiger partial charge is 0.302 e. The Morgan fingerprint density at radius 3 is 2.34 bits per heavy atom. The standard InChI is InChI=1S/C23H34O6/c1-16(24)28-20(11-9-19-10-12-22(26)23(14-19)27-3)15-21(29-17(2)25)13-18-7-5-4-6-8-18/h10,12,14,18,20-21,26H,4-9,11,13,15H2,1-3H3. The fourth-order valence-electron chi connectivity index (χ4n) is 4.18. The largest absolute Gasteiger partial charge is 0.504 e. The highest BCUT2D eigenvalue weighted by molar-refractivity contribution is 5.66. The molecule has 29 heavy (non-hydrogen) atoms. The van der Waals surface area contributed by atoms with E-state index in [0.29, 0.717) is 30.9 Å². The third-order valence-corrected chi connectivity index (χ3v) is 5.51. The number of hydrogen-bond donors (Lipinski definition) is 1. The van der Waals surface area contributed by atoms with Crippen molar-refractivity contribution in [3.05, 3.63) is 23.8 Å². The molecule has 1 fully saturated rings. The van der Waals surface area contributed by atoms with Gasteiger partial charge in [-0.2, -0.15) is 0 Å². The van der Waals surface area contributed by atoms with Crippen LogP contribution in [0.15, 0.2) is 18.2 Å². The van der Waals surface area contributed by atoms with Crippen LogP contribution in [0, 0.1) is 5.92 Å². The van der Waals surface area contributed by atoms with Crippen molar-refractivity contribution in [1.29, 1.82) is 0 Å². The molecule has 0 heterocycles. The van der Waals surface area contributed by atoms with Gasteiger partial charge in [-0.05, 0) is 42.9 Å². The van der Waals surface area contributed by atoms with Gasteiger partial charge in [0, 0.05) is 20.3 Å². The van der Waals surface area contributed by atoms with Gasteiger partial charge in [-0.3, -0.25) is 9.59 Å². The molecule has 1 N–H and O–H groups in total. The van der Waals surface area contributed by atoms with E-state index in [4.69, 9.17) is 14.2 Å². The van der Waals surface area contributed by atoms with Gasteiger partial charge in [0.15, 0.2) is 11.5 Å². The topological polar surface area (TPSA) is 82.1 Å². The summed E-state index contributed by atoms with van der Waals surface area (Å²) in [6.45, 7) is 2.83. The van der Waals surface area contributed by atoms with Gasteiger partial charge in [-0.25, -0.2) is 0 Å². The number of rotatable bonds is 10. The molecule has 0 aliphatic heterocycles. The van der Waals surface area contributed by atoms with E-state index in [0.717, 1.165) is 12.0 Å². The van der Waals surface area contributed by atoms with Crippen molar-refractivity contribution in [3.63, 3.8) is 0 Å². The lowest BCUT2D eigenvalue weighted by atomic mass is 9.84. The van der Waals surface area contributed by atoms with Gasteiger partial charge in [0.2, 0.25) is 0 Å². The average Bonchev–Trinajstić information content (AvgIpc) is 2.67. The zero-order valence-electron chi connectivity index (χ0n) is 17.8. The van der Waals surface area contributed by atoms with E-state index in [1.54, 1.807) is 12.1 Å². The minimum Gasteiger partial charge on any atom is -0.504 e. The van der Waals surface area contributed by atoms with Crippen LogP contribution in [0.25, 0.3) is 0 Å². The highest BCUT2D eigenvalue weighted by Crippen LogP contribution is 2.31. The minimum absolute atomic E-state index is 0.0928. The number of benzene rings is 1. The molecule has 1 saturated carbocycles. The van der Waals surface area contributed by atoms with E-state index in [2.05, 4.69) is 0 Å². The highest BCUT2D eigenvalue weighted by atomic mass is 16.6. The molecule has 1 aliphatic rings. The molecule has 6 nitrogen and oxygen atoms in total. The molecule has 1 aromatic carbocycles. The first-order chi connectivity index (χ1) is 13.9. The Hall–Kier alpha value is -2.24. The normalized spacial score (nSPS) is 16.7. The first kappa shape index (κ1) is 23.0. The number of carbonyl (C=O) groups excluding carboxylic acids is 2. The number of aryl methyl sites for hydroxylation is 1. The number of aromatic hydroxyl groups is 1. The first-order valence-corrected chi connectivity index (χ1v) is 10.6. The van der Waals surface area contributed by atoms with Crippen LogP contribution >= 0.6 is 0 Å². The van der Waals surface area contributed by atoms with Crippen molar-refractivity contribution in [2.24, 2.45) is 5.92 Å². The maximum absolute atomic E-state index is 11.6. The Balaban J connectivity index is 2.01. The molecule has 0 spiro atoms. The number of phenols is 1. The Bertz CT molecular complexity index is 665. The molecule has 0 saturated heterocycles. The fraction of sp³-hybridized carbons (Fsp3) is 0.652. The van der Waals surface area contributed by atoms with Gasteiger partial charge in [0.1, 0.15) is 12.2 Å². The van der Waals surface area contributed by atoms with Crippen LogP contribution in [0.4, 0.5) is 0 Å². The third kappa shape index (κ3) is 8.34. The van der Waals surface area contributed by atoms with Crippen LogP contribution in [-0.2, 0) is 25.5 Å². The van der Waals surface area contributed by atoms with E-state index in [1.807, 2.05) is 6.07 Å². The first-order valence-electron chi connectivity index (χ1n) is 10.6. The van der Waals surface area contributed by atoms with E-state index in [1.165, 1.54) is 53.1 Å². The second-order valence-corrected chi connectivity index (χ2v) is 7.98. The molecule has 2 rings (SSSR count). The number of carbonyl (C=O) groups is 2. The summed E-state index contributed by atoms with van der Waals surface area (Å²) in [6, 6.07) is 5.21. The predicted molar refractivity (Wildman–Crippen MR) is 110 cm³/mol. The van der Waals surface area contributed by atoms with Gasteiger partial charge in [-0.15, -0.1) is 0 Å². The summed E-state index contributed by atoms with van der Waals surface area (Å²) in [5.41, 5.74) is 0.980. The van der Waals surface area contributed by atoms with Gasteiger partial charge in [0.05, 0.1) is 7.11 Å². The van der Waals surface area contributed by atoms with Gasteiger partial charge >= 0.3 is 11.9 Å². The maximum atomic E-state index is 11.6. The Kier molecular flexibility index (Phi) is 9.29. The average molecular weight is 407 g/mol. The van der Waals surface area contributed by atoms with Crippen LogP contribution in [0.5, 0.6) is 11.5 Å². The second-order valence-electron chi connectivity index (χ2n) is 7.98. The molecule has 2 atom stereocenters. The van der Waals surface area contributed by atoms with Crippen LogP contribution in [0.1, 0.15) is 70.8 Å². The number of esters is 2. The van der Waals surface area contributed by atoms with Gasteiger partial charge in [0.25, 0.3) is 0 Å². The lowest BCUT2D eigenvalue weighted by Crippen LogP contribution is -2.29. The van der Waals surface area contributed by atoms with E-state index < -0.39 is 0 Å². The van der Waals surface area contributed by atoms with Crippen LogP contribution < -0.4 is 4.74 Å². The third-order valence-electron chi connectivity index (χ3n) is 5.51. The quantitative estimate of drug-likeness (QED) is 0.574. The van der Waals surface area contributed by atoms with E-state index in [-0.39, 0.29) is 29.9 Å². The van der Waals surface area contributed by atoms with E-state index in [9.17, 15) is 14.7 Å². The van der Waals surface area contributed by atoms with Crippen LogP contribution in [-0.4, -0.2) is 36.4 Å². The van der Waals surface area contributed by atoms with Gasteiger partial charge < -0.3 is 19.3 Å². The molecule has 2 unspecified atom stereocenters. The highest BCUT2D eigenvalue weighted by Gasteiger charge is 2.25. The summed E-state index contributed by atoms with van der Waals surface area (Å²) in [5.74, 6) is 0.442. The molecule has 1 aliphatic carbocycles. The maximum Gasteiger partial charge on any atom is 0.302 e. The van der Waals surface area contributed by atoms with Gasteiger partial charge in [-0.1, -0.05) is 38.2 Å². The molecule has 0 radical (unpaired) electrons. The van der Waals surface area contributed by atoms with Crippen molar-refractivity contribution in [2.45, 2.75) is 83.8 Å². The predicted octanol–water partition coefficient (Wildman–Crippen LogP) is 4.56. The number of hydrogen-bond acceptors (Lipinski definition) is 6. The molecule has 0 bridgehead atoms. The lowest BCUT2D eigenvalue weighted by molar-refractivity contribution is -0.153. The van der Waals surface area contributed by atoms with Crippen LogP contribution in [0.2, 0.25) is 0 Å². The second kappa shape index (κ2) is 11.7. The molecular formula is C23H34O6. The zero-order chi connectivity index (χ0) is 21.2. The van der Waals surface area contributed by atoms with Crippen molar-refractivity contribution < 1.29 is 28.9 Å². The molecule has 0 amide bonds. The fourth-order valence-corrected chi connectivity index (χ4v) is 4.18. The summed E-state index contributed by atoms with van der Waals surface area (Å²) in [6.07, 6.45) is 8.10. The molecule has 1 aromatic rings. The lowest BCUT2D eigenvalue weighted by Gasteiger charge is -2.28. The Labute approximate surface area is 173 Å². The number of phenolic OH excluding ortho intramolecular Hbond substituents is 1. The zero-order valence-corrected chi connectivity index (χ0v) is 17.8. The molecule has 6 heteroatoms. The summed E-state index contributed by atoms with van der Waals surface area (Å²) in [5, 5.41) is 9.75. The van der Waals surface area contributed by atoms with Crippen LogP contribution in [0.3, 0.4) is 0 Å². The molecule has 0 aromatic heterocycles. The SMILES string of the molecule is COc1cc(CCC(CC(CC2CCCCC2)OC(C)=O)OC(C)=O)ccc1O. The summed E-state index contributed by atoms with van der Waals surface area (Å²) in [7, 11) is 1.51. The monoisotopic (exact) mass is 406 g/mol. The summed E-state index contributed by atoms with van der Waals surface area (Å²) >= 11 is 0. The van der Waals surface area contributed by atoms with Crippen molar-refractivity contribution in [3.8, 4) is 11.5 Å². The number of ether oxygens (including phenoxy) is 3. The summed E-state index contributed by atoms with van der Waals surface area (Å²) < 4.78 is 16.3.